The maximum absolute atomic E-state index is 14.0. The predicted octanol–water partition coefficient (Wildman–Crippen LogP) is 5.30. The Morgan fingerprint density at radius 1 is 0.500 bits per heavy atom. The van der Waals surface area contributed by atoms with Crippen LogP contribution in [0.2, 0.25) is 0 Å². The molecule has 0 aliphatic rings. The minimum Gasteiger partial charge on any atom is -0.204 e. The van der Waals surface area contributed by atoms with Crippen LogP contribution in [0.5, 0.6) is 0 Å². The van der Waals surface area contributed by atoms with Gasteiger partial charge in [0.1, 0.15) is 0 Å². The third-order valence-corrected chi connectivity index (χ3v) is 3.25. The summed E-state index contributed by atoms with van der Waals surface area (Å²) in [6, 6.07) is 21.4. The van der Waals surface area contributed by atoms with Crippen LogP contribution in [0.25, 0.3) is 22.3 Å². The van der Waals surface area contributed by atoms with E-state index in [2.05, 4.69) is 0 Å². The molecule has 2 heteroatoms. The SMILES string of the molecule is Fc1cccc(-c2ccccc2-c2ccccc2)c1F. The summed E-state index contributed by atoms with van der Waals surface area (Å²) in [7, 11) is 0. The molecule has 0 fully saturated rings. The summed E-state index contributed by atoms with van der Waals surface area (Å²) >= 11 is 0. The third kappa shape index (κ3) is 2.21. The number of halogens is 2. The van der Waals surface area contributed by atoms with Gasteiger partial charge in [-0.25, -0.2) is 8.78 Å². The van der Waals surface area contributed by atoms with Crippen LogP contribution in [0.4, 0.5) is 8.78 Å². The molecule has 0 saturated carbocycles. The first-order valence-electron chi connectivity index (χ1n) is 6.36. The van der Waals surface area contributed by atoms with Crippen molar-refractivity contribution in [1.29, 1.82) is 0 Å². The largest absolute Gasteiger partial charge is 0.204 e. The van der Waals surface area contributed by atoms with Crippen LogP contribution in [-0.2, 0) is 0 Å². The number of rotatable bonds is 2. The topological polar surface area (TPSA) is 0 Å². The van der Waals surface area contributed by atoms with E-state index in [-0.39, 0.29) is 5.56 Å². The predicted molar refractivity (Wildman–Crippen MR) is 77.2 cm³/mol. The molecule has 0 nitrogen and oxygen atoms in total. The molecule has 0 N–H and O–H groups in total. The van der Waals surface area contributed by atoms with Crippen LogP contribution >= 0.6 is 0 Å². The van der Waals surface area contributed by atoms with E-state index in [1.807, 2.05) is 48.5 Å². The van der Waals surface area contributed by atoms with E-state index in [1.54, 1.807) is 12.1 Å². The zero-order valence-corrected chi connectivity index (χ0v) is 10.7. The molecule has 0 aromatic heterocycles. The Labute approximate surface area is 116 Å². The fourth-order valence-electron chi connectivity index (χ4n) is 2.30. The Morgan fingerprint density at radius 3 is 1.85 bits per heavy atom. The van der Waals surface area contributed by atoms with E-state index < -0.39 is 11.6 Å². The maximum atomic E-state index is 14.0. The third-order valence-electron chi connectivity index (χ3n) is 3.25. The lowest BCUT2D eigenvalue weighted by molar-refractivity contribution is 0.511. The normalized spacial score (nSPS) is 10.5. The van der Waals surface area contributed by atoms with Gasteiger partial charge in [0.25, 0.3) is 0 Å². The zero-order valence-electron chi connectivity index (χ0n) is 10.7. The van der Waals surface area contributed by atoms with Crippen molar-refractivity contribution in [2.75, 3.05) is 0 Å². The molecule has 0 aliphatic heterocycles. The first-order chi connectivity index (χ1) is 9.77. The Hall–Kier alpha value is -2.48. The van der Waals surface area contributed by atoms with Crippen molar-refractivity contribution >= 4 is 0 Å². The molecule has 98 valence electrons. The van der Waals surface area contributed by atoms with Gasteiger partial charge in [0.05, 0.1) is 0 Å². The van der Waals surface area contributed by atoms with Crippen LogP contribution < -0.4 is 0 Å². The summed E-state index contributed by atoms with van der Waals surface area (Å²) in [6.45, 7) is 0. The van der Waals surface area contributed by atoms with Crippen molar-refractivity contribution in [2.24, 2.45) is 0 Å². The molecule has 0 bridgehead atoms. The fraction of sp³-hybridized carbons (Fsp3) is 0. The van der Waals surface area contributed by atoms with Gasteiger partial charge >= 0.3 is 0 Å². The highest BCUT2D eigenvalue weighted by Crippen LogP contribution is 2.33. The van der Waals surface area contributed by atoms with Crippen LogP contribution in [0.1, 0.15) is 0 Å². The van der Waals surface area contributed by atoms with Crippen molar-refractivity contribution in [3.8, 4) is 22.3 Å². The van der Waals surface area contributed by atoms with Crippen molar-refractivity contribution in [3.63, 3.8) is 0 Å². The molecule has 3 aromatic carbocycles. The minimum absolute atomic E-state index is 0.282. The second-order valence-corrected chi connectivity index (χ2v) is 4.51. The van der Waals surface area contributed by atoms with Gasteiger partial charge in [0.15, 0.2) is 11.6 Å². The van der Waals surface area contributed by atoms with Crippen LogP contribution in [-0.4, -0.2) is 0 Å². The number of benzene rings is 3. The first-order valence-corrected chi connectivity index (χ1v) is 6.36. The summed E-state index contributed by atoms with van der Waals surface area (Å²) in [5.74, 6) is -1.64. The molecule has 3 aromatic rings. The van der Waals surface area contributed by atoms with Gasteiger partial charge in [0, 0.05) is 5.56 Å². The molecule has 0 aliphatic carbocycles. The van der Waals surface area contributed by atoms with Crippen molar-refractivity contribution in [3.05, 3.63) is 84.4 Å². The lowest BCUT2D eigenvalue weighted by atomic mass is 9.94. The Bertz CT molecular complexity index is 733. The molecular formula is C18H12F2. The van der Waals surface area contributed by atoms with E-state index in [1.165, 1.54) is 6.07 Å². The molecule has 0 amide bonds. The zero-order chi connectivity index (χ0) is 13.9. The average molecular weight is 266 g/mol. The van der Waals surface area contributed by atoms with Gasteiger partial charge in [-0.3, -0.25) is 0 Å². The molecule has 0 unspecified atom stereocenters. The van der Waals surface area contributed by atoms with Gasteiger partial charge in [-0.05, 0) is 22.8 Å². The molecule has 3 rings (SSSR count). The number of hydrogen-bond acceptors (Lipinski definition) is 0. The van der Waals surface area contributed by atoms with Crippen molar-refractivity contribution in [2.45, 2.75) is 0 Å². The average Bonchev–Trinajstić information content (AvgIpc) is 2.51. The molecule has 0 saturated heterocycles. The van der Waals surface area contributed by atoms with E-state index in [0.717, 1.165) is 17.2 Å². The Balaban J connectivity index is 2.23. The second kappa shape index (κ2) is 5.25. The maximum Gasteiger partial charge on any atom is 0.166 e. The minimum atomic E-state index is -0.828. The smallest absolute Gasteiger partial charge is 0.166 e. The highest BCUT2D eigenvalue weighted by molar-refractivity contribution is 5.83. The first kappa shape index (κ1) is 12.5. The molecule has 0 heterocycles. The highest BCUT2D eigenvalue weighted by atomic mass is 19.2. The lowest BCUT2D eigenvalue weighted by Crippen LogP contribution is -1.91. The number of hydrogen-bond donors (Lipinski definition) is 0. The summed E-state index contributed by atoms with van der Waals surface area (Å²) in [6.07, 6.45) is 0. The van der Waals surface area contributed by atoms with Crippen molar-refractivity contribution in [1.82, 2.24) is 0 Å². The summed E-state index contributed by atoms with van der Waals surface area (Å²) in [5.41, 5.74) is 2.84. The summed E-state index contributed by atoms with van der Waals surface area (Å²) in [5, 5.41) is 0. The van der Waals surface area contributed by atoms with Gasteiger partial charge in [0.2, 0.25) is 0 Å². The summed E-state index contributed by atoms with van der Waals surface area (Å²) < 4.78 is 27.4. The van der Waals surface area contributed by atoms with Gasteiger partial charge < -0.3 is 0 Å². The van der Waals surface area contributed by atoms with Crippen LogP contribution in [0.15, 0.2) is 72.8 Å². The highest BCUT2D eigenvalue weighted by Gasteiger charge is 2.13. The Kier molecular flexibility index (Phi) is 3.30. The fourth-order valence-corrected chi connectivity index (χ4v) is 2.30. The van der Waals surface area contributed by atoms with Crippen molar-refractivity contribution < 1.29 is 8.78 Å². The molecular weight excluding hydrogens is 254 g/mol. The quantitative estimate of drug-likeness (QED) is 0.590. The van der Waals surface area contributed by atoms with Crippen LogP contribution in [0, 0.1) is 11.6 Å². The lowest BCUT2D eigenvalue weighted by Gasteiger charge is -2.11. The van der Waals surface area contributed by atoms with E-state index in [4.69, 9.17) is 0 Å². The molecule has 0 atom stereocenters. The molecule has 20 heavy (non-hydrogen) atoms. The van der Waals surface area contributed by atoms with Gasteiger partial charge in [-0.1, -0.05) is 66.7 Å². The van der Waals surface area contributed by atoms with Crippen LogP contribution in [0.3, 0.4) is 0 Å². The monoisotopic (exact) mass is 266 g/mol. The van der Waals surface area contributed by atoms with E-state index in [9.17, 15) is 8.78 Å². The molecule has 0 spiro atoms. The van der Waals surface area contributed by atoms with E-state index >= 15 is 0 Å². The van der Waals surface area contributed by atoms with E-state index in [0.29, 0.717) is 5.56 Å². The Morgan fingerprint density at radius 2 is 1.10 bits per heavy atom. The molecule has 0 radical (unpaired) electrons. The van der Waals surface area contributed by atoms with Gasteiger partial charge in [-0.2, -0.15) is 0 Å². The standard InChI is InChI=1S/C18H12F2/c19-17-12-6-11-16(18(17)20)15-10-5-4-9-14(15)13-7-2-1-3-8-13/h1-12H. The summed E-state index contributed by atoms with van der Waals surface area (Å²) in [4.78, 5) is 0. The van der Waals surface area contributed by atoms with Gasteiger partial charge in [-0.15, -0.1) is 0 Å². The second-order valence-electron chi connectivity index (χ2n) is 4.51.